The van der Waals surface area contributed by atoms with Crippen LogP contribution in [0.15, 0.2) is 63.8 Å². The quantitative estimate of drug-likeness (QED) is 0.489. The lowest BCUT2D eigenvalue weighted by Gasteiger charge is -1.99. The summed E-state index contributed by atoms with van der Waals surface area (Å²) in [6.45, 7) is 0. The fraction of sp³-hybridized carbons (Fsp3) is 0. The Morgan fingerprint density at radius 1 is 0.810 bits per heavy atom. The zero-order valence-corrected chi connectivity index (χ0v) is 13.3. The van der Waals surface area contributed by atoms with Crippen molar-refractivity contribution in [1.29, 1.82) is 0 Å². The van der Waals surface area contributed by atoms with Gasteiger partial charge in [0.1, 0.15) is 5.82 Å². The molecule has 0 atom stereocenters. The Labute approximate surface area is 135 Å². The smallest absolute Gasteiger partial charge is 0.123 e. The van der Waals surface area contributed by atoms with Crippen LogP contribution in [-0.2, 0) is 0 Å². The summed E-state index contributed by atoms with van der Waals surface area (Å²) in [7, 11) is 0. The molecule has 3 rings (SSSR count). The second kappa shape index (κ2) is 6.26. The molecular formula is C18H10BrFS. The van der Waals surface area contributed by atoms with E-state index in [-0.39, 0.29) is 5.82 Å². The van der Waals surface area contributed by atoms with Gasteiger partial charge in [0.05, 0.1) is 3.79 Å². The van der Waals surface area contributed by atoms with Gasteiger partial charge in [-0.25, -0.2) is 4.39 Å². The number of rotatable bonds is 1. The van der Waals surface area contributed by atoms with Crippen LogP contribution in [0.4, 0.5) is 4.39 Å². The highest BCUT2D eigenvalue weighted by Crippen LogP contribution is 2.32. The fourth-order valence-corrected chi connectivity index (χ4v) is 3.23. The first kappa shape index (κ1) is 14.1. The van der Waals surface area contributed by atoms with Crippen LogP contribution in [0.5, 0.6) is 0 Å². The lowest BCUT2D eigenvalue weighted by atomic mass is 10.1. The summed E-state index contributed by atoms with van der Waals surface area (Å²) in [6.07, 6.45) is 0. The molecule has 102 valence electrons. The molecule has 0 nitrogen and oxygen atoms in total. The summed E-state index contributed by atoms with van der Waals surface area (Å²) >= 11 is 5.22. The molecule has 0 amide bonds. The molecule has 0 radical (unpaired) electrons. The molecule has 0 unspecified atom stereocenters. The van der Waals surface area contributed by atoms with Gasteiger partial charge in [0.25, 0.3) is 0 Å². The first-order chi connectivity index (χ1) is 10.2. The van der Waals surface area contributed by atoms with E-state index < -0.39 is 0 Å². The Kier molecular flexibility index (Phi) is 4.19. The van der Waals surface area contributed by atoms with E-state index in [0.717, 1.165) is 20.5 Å². The van der Waals surface area contributed by atoms with Crippen molar-refractivity contribution in [3.8, 4) is 23.0 Å². The zero-order valence-electron chi connectivity index (χ0n) is 10.9. The molecule has 0 bridgehead atoms. The molecule has 2 aromatic carbocycles. The van der Waals surface area contributed by atoms with Crippen molar-refractivity contribution >= 4 is 27.3 Å². The summed E-state index contributed by atoms with van der Waals surface area (Å²) in [5, 5.41) is 2.06. The van der Waals surface area contributed by atoms with Crippen molar-refractivity contribution in [1.82, 2.24) is 0 Å². The zero-order chi connectivity index (χ0) is 14.7. The highest BCUT2D eigenvalue weighted by molar-refractivity contribution is 9.11. The van der Waals surface area contributed by atoms with Crippen LogP contribution in [0.1, 0.15) is 11.1 Å². The Morgan fingerprint density at radius 2 is 1.38 bits per heavy atom. The largest absolute Gasteiger partial charge is 0.207 e. The van der Waals surface area contributed by atoms with Crippen LogP contribution in [0.3, 0.4) is 0 Å². The van der Waals surface area contributed by atoms with Crippen LogP contribution in [0.25, 0.3) is 11.1 Å². The monoisotopic (exact) mass is 356 g/mol. The molecular weight excluding hydrogens is 347 g/mol. The molecule has 0 aliphatic carbocycles. The number of benzene rings is 2. The molecule has 0 saturated carbocycles. The Bertz CT molecular complexity index is 805. The molecule has 0 saturated heterocycles. The van der Waals surface area contributed by atoms with Crippen molar-refractivity contribution in [2.45, 2.75) is 0 Å². The van der Waals surface area contributed by atoms with Crippen molar-refractivity contribution < 1.29 is 4.39 Å². The van der Waals surface area contributed by atoms with Gasteiger partial charge in [-0.15, -0.1) is 11.3 Å². The molecule has 3 aromatic rings. The van der Waals surface area contributed by atoms with E-state index in [1.54, 1.807) is 23.5 Å². The minimum Gasteiger partial charge on any atom is -0.207 e. The van der Waals surface area contributed by atoms with Gasteiger partial charge >= 0.3 is 0 Å². The number of halogens is 2. The van der Waals surface area contributed by atoms with Crippen molar-refractivity contribution in [2.75, 3.05) is 0 Å². The van der Waals surface area contributed by atoms with Crippen LogP contribution in [-0.4, -0.2) is 0 Å². The Balaban J connectivity index is 1.82. The van der Waals surface area contributed by atoms with Gasteiger partial charge < -0.3 is 0 Å². The van der Waals surface area contributed by atoms with Crippen LogP contribution >= 0.6 is 27.3 Å². The van der Waals surface area contributed by atoms with Crippen molar-refractivity contribution in [2.24, 2.45) is 0 Å². The SMILES string of the molecule is Fc1ccc(C#Cc2ccc(-c3ccsc3Br)cc2)cc1. The van der Waals surface area contributed by atoms with Gasteiger partial charge in [-0.05, 0) is 69.3 Å². The summed E-state index contributed by atoms with van der Waals surface area (Å²) in [5.41, 5.74) is 4.10. The predicted molar refractivity (Wildman–Crippen MR) is 89.8 cm³/mol. The van der Waals surface area contributed by atoms with Crippen LogP contribution < -0.4 is 0 Å². The molecule has 21 heavy (non-hydrogen) atoms. The molecule has 0 N–H and O–H groups in total. The average molecular weight is 357 g/mol. The van der Waals surface area contributed by atoms with Crippen LogP contribution in [0, 0.1) is 17.7 Å². The third kappa shape index (κ3) is 3.41. The molecule has 1 aromatic heterocycles. The second-order valence-corrected chi connectivity index (χ2v) is 6.68. The summed E-state index contributed by atoms with van der Waals surface area (Å²) < 4.78 is 13.9. The lowest BCUT2D eigenvalue weighted by Crippen LogP contribution is -1.79. The van der Waals surface area contributed by atoms with Gasteiger partial charge in [0.2, 0.25) is 0 Å². The number of hydrogen-bond donors (Lipinski definition) is 0. The van der Waals surface area contributed by atoms with Gasteiger partial charge in [-0.3, -0.25) is 0 Å². The van der Waals surface area contributed by atoms with Crippen LogP contribution in [0.2, 0.25) is 0 Å². The average Bonchev–Trinajstić information content (AvgIpc) is 2.93. The lowest BCUT2D eigenvalue weighted by molar-refractivity contribution is 0.627. The highest BCUT2D eigenvalue weighted by Gasteiger charge is 2.03. The first-order valence-electron chi connectivity index (χ1n) is 6.33. The van der Waals surface area contributed by atoms with Gasteiger partial charge in [0.15, 0.2) is 0 Å². The van der Waals surface area contributed by atoms with E-state index >= 15 is 0 Å². The maximum Gasteiger partial charge on any atom is 0.123 e. The summed E-state index contributed by atoms with van der Waals surface area (Å²) in [5.74, 6) is 5.87. The van der Waals surface area contributed by atoms with E-state index in [0.29, 0.717) is 0 Å². The summed E-state index contributed by atoms with van der Waals surface area (Å²) in [6, 6.07) is 16.4. The Morgan fingerprint density at radius 3 is 1.90 bits per heavy atom. The fourth-order valence-electron chi connectivity index (χ4n) is 1.91. The maximum atomic E-state index is 12.8. The summed E-state index contributed by atoms with van der Waals surface area (Å²) in [4.78, 5) is 0. The minimum atomic E-state index is -0.244. The maximum absolute atomic E-state index is 12.8. The molecule has 0 fully saturated rings. The van der Waals surface area contributed by atoms with E-state index in [1.807, 2.05) is 12.1 Å². The van der Waals surface area contributed by atoms with E-state index in [9.17, 15) is 4.39 Å². The van der Waals surface area contributed by atoms with Gasteiger partial charge in [-0.1, -0.05) is 24.0 Å². The third-order valence-corrected chi connectivity index (χ3v) is 4.70. The minimum absolute atomic E-state index is 0.244. The van der Waals surface area contributed by atoms with E-state index in [2.05, 4.69) is 51.3 Å². The van der Waals surface area contributed by atoms with Gasteiger partial charge in [-0.2, -0.15) is 0 Å². The molecule has 0 aliphatic heterocycles. The standard InChI is InChI=1S/C18H10BrFS/c19-18-17(11-12-21-18)15-7-3-13(4-8-15)1-2-14-5-9-16(20)10-6-14/h3-12H. The molecule has 1 heterocycles. The van der Waals surface area contributed by atoms with Crippen molar-refractivity contribution in [3.05, 3.63) is 80.7 Å². The van der Waals surface area contributed by atoms with E-state index in [1.165, 1.54) is 17.7 Å². The molecule has 0 aliphatic rings. The molecule has 0 spiro atoms. The van der Waals surface area contributed by atoms with E-state index in [4.69, 9.17) is 0 Å². The van der Waals surface area contributed by atoms with Crippen molar-refractivity contribution in [3.63, 3.8) is 0 Å². The second-order valence-electron chi connectivity index (χ2n) is 4.44. The number of thiophene rings is 1. The topological polar surface area (TPSA) is 0 Å². The highest BCUT2D eigenvalue weighted by atomic mass is 79.9. The number of hydrogen-bond acceptors (Lipinski definition) is 1. The normalized spacial score (nSPS) is 10.0. The predicted octanol–water partition coefficient (Wildman–Crippen LogP) is 5.72. The molecule has 3 heteroatoms. The first-order valence-corrected chi connectivity index (χ1v) is 8.01. The van der Waals surface area contributed by atoms with Gasteiger partial charge in [0, 0.05) is 16.7 Å². The Hall–Kier alpha value is -1.89. The third-order valence-electron chi connectivity index (χ3n) is 3.01.